The molecule has 1 aromatic rings. The van der Waals surface area contributed by atoms with Crippen LogP contribution in [-0.2, 0) is 16.1 Å². The van der Waals surface area contributed by atoms with E-state index in [0.29, 0.717) is 0 Å². The van der Waals surface area contributed by atoms with Crippen LogP contribution in [0.25, 0.3) is 0 Å². The number of nitrogens with one attached hydrogen (secondary N) is 1. The van der Waals surface area contributed by atoms with E-state index in [9.17, 15) is 4.79 Å². The summed E-state index contributed by atoms with van der Waals surface area (Å²) in [5.41, 5.74) is 1.24. The predicted octanol–water partition coefficient (Wildman–Crippen LogP) is 2.03. The molecule has 5 heteroatoms. The fourth-order valence-corrected chi connectivity index (χ4v) is 3.86. The van der Waals surface area contributed by atoms with Crippen molar-refractivity contribution in [3.8, 4) is 0 Å². The lowest BCUT2D eigenvalue weighted by Crippen LogP contribution is -2.46. The summed E-state index contributed by atoms with van der Waals surface area (Å²) in [6.07, 6.45) is 5.45. The molecule has 2 fully saturated rings. The number of likely N-dealkylation sites (tertiary alicyclic amines) is 1. The third-order valence-corrected chi connectivity index (χ3v) is 4.94. The molecule has 1 aromatic heterocycles. The molecule has 1 amide bonds. The molecule has 2 aliphatic heterocycles. The molecule has 1 atom stereocenters. The van der Waals surface area contributed by atoms with Crippen LogP contribution in [0.1, 0.15) is 32.3 Å². The van der Waals surface area contributed by atoms with Crippen molar-refractivity contribution >= 4 is 5.91 Å². The van der Waals surface area contributed by atoms with Gasteiger partial charge in [0.1, 0.15) is 0 Å². The summed E-state index contributed by atoms with van der Waals surface area (Å²) in [7, 11) is 0. The third kappa shape index (κ3) is 3.20. The summed E-state index contributed by atoms with van der Waals surface area (Å²) in [6, 6.07) is 2.19. The molecule has 0 aromatic carbocycles. The SMILES string of the molecule is CC(C)NC(=O)[C@@H]1CN(Cc2ccoc2)CC12CCOCC2. The fraction of sp³-hybridized carbons (Fsp3) is 0.706. The Kier molecular flexibility index (Phi) is 4.54. The first-order valence-electron chi connectivity index (χ1n) is 8.21. The fourth-order valence-electron chi connectivity index (χ4n) is 3.86. The molecule has 122 valence electrons. The van der Waals surface area contributed by atoms with Gasteiger partial charge >= 0.3 is 0 Å². The summed E-state index contributed by atoms with van der Waals surface area (Å²) in [6.45, 7) is 8.22. The maximum absolute atomic E-state index is 12.7. The number of rotatable bonds is 4. The molecule has 0 bridgehead atoms. The van der Waals surface area contributed by atoms with Crippen LogP contribution in [0.3, 0.4) is 0 Å². The molecule has 1 spiro atoms. The minimum Gasteiger partial charge on any atom is -0.472 e. The summed E-state index contributed by atoms with van der Waals surface area (Å²) >= 11 is 0. The van der Waals surface area contributed by atoms with E-state index in [0.717, 1.165) is 45.7 Å². The van der Waals surface area contributed by atoms with Crippen LogP contribution in [0, 0.1) is 11.3 Å². The van der Waals surface area contributed by atoms with E-state index in [2.05, 4.69) is 10.2 Å². The maximum Gasteiger partial charge on any atom is 0.225 e. The Balaban J connectivity index is 1.74. The maximum atomic E-state index is 12.7. The van der Waals surface area contributed by atoms with Crippen molar-refractivity contribution in [3.05, 3.63) is 24.2 Å². The minimum atomic E-state index is 0.0608. The summed E-state index contributed by atoms with van der Waals surface area (Å²) < 4.78 is 10.7. The van der Waals surface area contributed by atoms with Gasteiger partial charge in [0, 0.05) is 49.9 Å². The molecule has 0 saturated carbocycles. The third-order valence-electron chi connectivity index (χ3n) is 4.94. The average Bonchev–Trinajstić information content (AvgIpc) is 3.08. The van der Waals surface area contributed by atoms with Gasteiger partial charge in [0.25, 0.3) is 0 Å². The molecular formula is C17H26N2O3. The second-order valence-corrected chi connectivity index (χ2v) is 6.99. The molecular weight excluding hydrogens is 280 g/mol. The normalized spacial score (nSPS) is 25.0. The second-order valence-electron chi connectivity index (χ2n) is 6.99. The number of carbonyl (C=O) groups excluding carboxylic acids is 1. The van der Waals surface area contributed by atoms with Crippen LogP contribution in [-0.4, -0.2) is 43.2 Å². The second kappa shape index (κ2) is 6.42. The van der Waals surface area contributed by atoms with Crippen LogP contribution in [0.5, 0.6) is 0 Å². The standard InChI is InChI=1S/C17H26N2O3/c1-13(2)18-16(20)15-10-19(9-14-3-6-22-11-14)12-17(15)4-7-21-8-5-17/h3,6,11,13,15H,4-5,7-10,12H2,1-2H3,(H,18,20)/t15-/m0/s1. The number of nitrogens with zero attached hydrogens (tertiary/aromatic N) is 1. The molecule has 22 heavy (non-hydrogen) atoms. The zero-order valence-electron chi connectivity index (χ0n) is 13.5. The molecule has 0 aliphatic carbocycles. The van der Waals surface area contributed by atoms with Gasteiger partial charge in [-0.3, -0.25) is 9.69 Å². The molecule has 3 heterocycles. The first-order valence-corrected chi connectivity index (χ1v) is 8.21. The van der Waals surface area contributed by atoms with Gasteiger partial charge in [-0.1, -0.05) is 0 Å². The zero-order chi connectivity index (χ0) is 15.6. The number of ether oxygens (including phenoxy) is 1. The van der Waals surface area contributed by atoms with Crippen LogP contribution >= 0.6 is 0 Å². The van der Waals surface area contributed by atoms with E-state index < -0.39 is 0 Å². The van der Waals surface area contributed by atoms with Gasteiger partial charge < -0.3 is 14.5 Å². The van der Waals surface area contributed by atoms with Crippen molar-refractivity contribution in [2.45, 2.75) is 39.3 Å². The Morgan fingerprint density at radius 3 is 2.86 bits per heavy atom. The van der Waals surface area contributed by atoms with Gasteiger partial charge in [0.15, 0.2) is 0 Å². The van der Waals surface area contributed by atoms with E-state index in [1.165, 1.54) is 5.56 Å². The van der Waals surface area contributed by atoms with Gasteiger partial charge in [0.2, 0.25) is 5.91 Å². The first kappa shape index (κ1) is 15.6. The molecule has 0 radical (unpaired) electrons. The van der Waals surface area contributed by atoms with Gasteiger partial charge in [-0.15, -0.1) is 0 Å². The Morgan fingerprint density at radius 1 is 1.45 bits per heavy atom. The van der Waals surface area contributed by atoms with Gasteiger partial charge in [-0.2, -0.15) is 0 Å². The highest BCUT2D eigenvalue weighted by atomic mass is 16.5. The predicted molar refractivity (Wildman–Crippen MR) is 83.2 cm³/mol. The number of furan rings is 1. The lowest BCUT2D eigenvalue weighted by molar-refractivity contribution is -0.130. The smallest absolute Gasteiger partial charge is 0.225 e. The number of carbonyl (C=O) groups is 1. The van der Waals surface area contributed by atoms with E-state index in [-0.39, 0.29) is 23.3 Å². The molecule has 3 rings (SSSR count). The van der Waals surface area contributed by atoms with Gasteiger partial charge in [0.05, 0.1) is 18.4 Å². The highest BCUT2D eigenvalue weighted by molar-refractivity contribution is 5.80. The van der Waals surface area contributed by atoms with Crippen LogP contribution in [0.4, 0.5) is 0 Å². The number of hydrogen-bond donors (Lipinski definition) is 1. The Morgan fingerprint density at radius 2 is 2.23 bits per heavy atom. The van der Waals surface area contributed by atoms with Crippen LogP contribution < -0.4 is 5.32 Å². The highest BCUT2D eigenvalue weighted by Gasteiger charge is 2.50. The van der Waals surface area contributed by atoms with Crippen LogP contribution in [0.2, 0.25) is 0 Å². The minimum absolute atomic E-state index is 0.0608. The zero-order valence-corrected chi connectivity index (χ0v) is 13.5. The molecule has 0 unspecified atom stereocenters. The molecule has 2 aliphatic rings. The van der Waals surface area contributed by atoms with E-state index in [4.69, 9.17) is 9.15 Å². The summed E-state index contributed by atoms with van der Waals surface area (Å²) in [4.78, 5) is 15.1. The van der Waals surface area contributed by atoms with Crippen LogP contribution in [0.15, 0.2) is 23.0 Å². The van der Waals surface area contributed by atoms with Gasteiger partial charge in [-0.05, 0) is 32.8 Å². The Bertz CT molecular complexity index is 492. The summed E-state index contributed by atoms with van der Waals surface area (Å²) in [5.74, 6) is 0.261. The summed E-state index contributed by atoms with van der Waals surface area (Å²) in [5, 5.41) is 3.11. The average molecular weight is 306 g/mol. The van der Waals surface area contributed by atoms with E-state index >= 15 is 0 Å². The molecule has 5 nitrogen and oxygen atoms in total. The topological polar surface area (TPSA) is 54.7 Å². The van der Waals surface area contributed by atoms with Crippen molar-refractivity contribution in [1.82, 2.24) is 10.2 Å². The Hall–Kier alpha value is -1.33. The monoisotopic (exact) mass is 306 g/mol. The number of amides is 1. The van der Waals surface area contributed by atoms with Crippen molar-refractivity contribution < 1.29 is 13.9 Å². The van der Waals surface area contributed by atoms with Crippen molar-refractivity contribution in [1.29, 1.82) is 0 Å². The Labute approximate surface area is 132 Å². The van der Waals surface area contributed by atoms with E-state index in [1.54, 1.807) is 12.5 Å². The van der Waals surface area contributed by atoms with Gasteiger partial charge in [-0.25, -0.2) is 0 Å². The quantitative estimate of drug-likeness (QED) is 0.925. The van der Waals surface area contributed by atoms with Crippen molar-refractivity contribution in [3.63, 3.8) is 0 Å². The van der Waals surface area contributed by atoms with Crippen molar-refractivity contribution in [2.75, 3.05) is 26.3 Å². The molecule has 1 N–H and O–H groups in total. The largest absolute Gasteiger partial charge is 0.472 e. The van der Waals surface area contributed by atoms with E-state index in [1.807, 2.05) is 19.9 Å². The first-order chi connectivity index (χ1) is 10.6. The van der Waals surface area contributed by atoms with Crippen molar-refractivity contribution in [2.24, 2.45) is 11.3 Å². The lowest BCUT2D eigenvalue weighted by atomic mass is 9.71. The molecule has 2 saturated heterocycles. The highest BCUT2D eigenvalue weighted by Crippen LogP contribution is 2.44. The number of hydrogen-bond acceptors (Lipinski definition) is 4. The lowest BCUT2D eigenvalue weighted by Gasteiger charge is -2.37.